The van der Waals surface area contributed by atoms with Crippen LogP contribution in [-0.2, 0) is 4.79 Å². The van der Waals surface area contributed by atoms with Crippen molar-refractivity contribution in [3.63, 3.8) is 0 Å². The number of aromatic nitrogens is 1. The van der Waals surface area contributed by atoms with Gasteiger partial charge in [-0.15, -0.1) is 0 Å². The van der Waals surface area contributed by atoms with Crippen molar-refractivity contribution in [2.75, 3.05) is 0 Å². The van der Waals surface area contributed by atoms with E-state index >= 15 is 0 Å². The van der Waals surface area contributed by atoms with Crippen LogP contribution < -0.4 is 5.32 Å². The average molecular weight is 282 g/mol. The summed E-state index contributed by atoms with van der Waals surface area (Å²) in [5.41, 5.74) is 1.52. The van der Waals surface area contributed by atoms with Crippen LogP contribution in [0.2, 0.25) is 0 Å². The topological polar surface area (TPSA) is 71.3 Å². The maximum absolute atomic E-state index is 12.4. The molecule has 5 nitrogen and oxygen atoms in total. The Hall–Kier alpha value is -2.82. The van der Waals surface area contributed by atoms with Gasteiger partial charge in [0.2, 0.25) is 0 Å². The Morgan fingerprint density at radius 3 is 1.95 bits per heavy atom. The summed E-state index contributed by atoms with van der Waals surface area (Å²) in [6.45, 7) is 1.44. The molecule has 0 aliphatic carbocycles. The molecule has 3 aromatic rings. The molecule has 1 heterocycles. The normalized spacial score (nSPS) is 12.4. The molecule has 0 saturated heterocycles. The fourth-order valence-corrected chi connectivity index (χ4v) is 2.45. The van der Waals surface area contributed by atoms with Gasteiger partial charge in [-0.3, -0.25) is 9.36 Å². The lowest BCUT2D eigenvalue weighted by Crippen LogP contribution is -2.40. The van der Waals surface area contributed by atoms with Crippen LogP contribution in [0.1, 0.15) is 6.92 Å². The molecule has 1 atom stereocenters. The van der Waals surface area contributed by atoms with E-state index in [-0.39, 0.29) is 0 Å². The van der Waals surface area contributed by atoms with Crippen LogP contribution in [0.25, 0.3) is 21.8 Å². The molecule has 0 bridgehead atoms. The number of amides is 1. The van der Waals surface area contributed by atoms with E-state index in [1.165, 1.54) is 11.5 Å². The molecule has 21 heavy (non-hydrogen) atoms. The lowest BCUT2D eigenvalue weighted by molar-refractivity contribution is -0.138. The molecule has 1 amide bonds. The minimum atomic E-state index is -1.07. The third-order valence-electron chi connectivity index (χ3n) is 3.49. The van der Waals surface area contributed by atoms with Gasteiger partial charge in [0.15, 0.2) is 0 Å². The molecular formula is C16H14N2O3. The maximum atomic E-state index is 12.4. The first kappa shape index (κ1) is 13.2. The first-order valence-corrected chi connectivity index (χ1v) is 6.61. The van der Waals surface area contributed by atoms with Crippen molar-refractivity contribution < 1.29 is 14.7 Å². The third kappa shape index (κ3) is 2.12. The Morgan fingerprint density at radius 2 is 1.48 bits per heavy atom. The summed E-state index contributed by atoms with van der Waals surface area (Å²) in [4.78, 5) is 23.3. The summed E-state index contributed by atoms with van der Waals surface area (Å²) in [5, 5.41) is 13.3. The molecule has 1 aromatic heterocycles. The second-order valence-electron chi connectivity index (χ2n) is 4.88. The summed E-state index contributed by atoms with van der Waals surface area (Å²) in [6.07, 6.45) is 0. The zero-order valence-corrected chi connectivity index (χ0v) is 11.4. The van der Waals surface area contributed by atoms with Gasteiger partial charge in [0.25, 0.3) is 0 Å². The summed E-state index contributed by atoms with van der Waals surface area (Å²) in [7, 11) is 0. The van der Waals surface area contributed by atoms with E-state index in [9.17, 15) is 9.59 Å². The molecule has 0 spiro atoms. The molecule has 0 radical (unpaired) electrons. The number of aliphatic carboxylic acids is 1. The van der Waals surface area contributed by atoms with Crippen molar-refractivity contribution in [1.82, 2.24) is 9.88 Å². The van der Waals surface area contributed by atoms with Crippen LogP contribution in [0.5, 0.6) is 0 Å². The summed E-state index contributed by atoms with van der Waals surface area (Å²) in [6, 6.07) is 13.7. The minimum Gasteiger partial charge on any atom is -0.480 e. The quantitative estimate of drug-likeness (QED) is 0.759. The molecule has 1 unspecified atom stereocenters. The maximum Gasteiger partial charge on any atom is 0.327 e. The second-order valence-corrected chi connectivity index (χ2v) is 4.88. The fraction of sp³-hybridized carbons (Fsp3) is 0.125. The van der Waals surface area contributed by atoms with Gasteiger partial charge in [-0.1, -0.05) is 36.4 Å². The number of benzene rings is 2. The number of rotatable bonds is 2. The second kappa shape index (κ2) is 4.94. The summed E-state index contributed by atoms with van der Waals surface area (Å²) >= 11 is 0. The van der Waals surface area contributed by atoms with Gasteiger partial charge in [0.1, 0.15) is 6.04 Å². The molecule has 0 aliphatic rings. The standard InChI is InChI=1S/C16H14N2O3/c1-10(15(19)20)17-16(21)18-13-8-4-2-6-11(13)12-7-3-5-9-14(12)18/h2-10H,1H3,(H,17,21)(H,19,20). The van der Waals surface area contributed by atoms with Gasteiger partial charge >= 0.3 is 12.0 Å². The lowest BCUT2D eigenvalue weighted by Gasteiger charge is -2.11. The molecule has 2 N–H and O–H groups in total. The highest BCUT2D eigenvalue weighted by atomic mass is 16.4. The van der Waals surface area contributed by atoms with Crippen LogP contribution in [-0.4, -0.2) is 27.7 Å². The number of fused-ring (bicyclic) bond motifs is 3. The van der Waals surface area contributed by atoms with Gasteiger partial charge in [-0.25, -0.2) is 4.79 Å². The number of para-hydroxylation sites is 2. The lowest BCUT2D eigenvalue weighted by atomic mass is 10.2. The number of hydrogen-bond donors (Lipinski definition) is 2. The monoisotopic (exact) mass is 282 g/mol. The smallest absolute Gasteiger partial charge is 0.327 e. The van der Waals surface area contributed by atoms with E-state index in [0.29, 0.717) is 0 Å². The van der Waals surface area contributed by atoms with E-state index < -0.39 is 18.0 Å². The molecule has 3 rings (SSSR count). The zero-order valence-electron chi connectivity index (χ0n) is 11.4. The Kier molecular flexibility index (Phi) is 3.10. The number of nitrogens with zero attached hydrogens (tertiary/aromatic N) is 1. The zero-order chi connectivity index (χ0) is 15.0. The predicted molar refractivity (Wildman–Crippen MR) is 80.5 cm³/mol. The Labute approximate surface area is 120 Å². The molecule has 0 saturated carbocycles. The van der Waals surface area contributed by atoms with Crippen molar-refractivity contribution in [3.8, 4) is 0 Å². The minimum absolute atomic E-state index is 0.442. The van der Waals surface area contributed by atoms with E-state index in [4.69, 9.17) is 5.11 Å². The van der Waals surface area contributed by atoms with Crippen molar-refractivity contribution in [1.29, 1.82) is 0 Å². The Bertz CT molecular complexity index is 798. The van der Waals surface area contributed by atoms with Gasteiger partial charge in [-0.2, -0.15) is 0 Å². The van der Waals surface area contributed by atoms with Crippen molar-refractivity contribution in [2.45, 2.75) is 13.0 Å². The number of carbonyl (C=O) groups excluding carboxylic acids is 1. The molecule has 5 heteroatoms. The molecule has 0 aliphatic heterocycles. The third-order valence-corrected chi connectivity index (χ3v) is 3.49. The number of carbonyl (C=O) groups is 2. The first-order valence-electron chi connectivity index (χ1n) is 6.61. The van der Waals surface area contributed by atoms with E-state index in [0.717, 1.165) is 21.8 Å². The van der Waals surface area contributed by atoms with Crippen molar-refractivity contribution >= 4 is 33.8 Å². The highest BCUT2D eigenvalue weighted by molar-refractivity contribution is 6.13. The van der Waals surface area contributed by atoms with Gasteiger partial charge in [0.05, 0.1) is 11.0 Å². The van der Waals surface area contributed by atoms with E-state index in [1.807, 2.05) is 48.5 Å². The van der Waals surface area contributed by atoms with Crippen LogP contribution in [0.3, 0.4) is 0 Å². The highest BCUT2D eigenvalue weighted by Crippen LogP contribution is 2.28. The molecule has 0 fully saturated rings. The Balaban J connectivity index is 2.20. The largest absolute Gasteiger partial charge is 0.480 e. The SMILES string of the molecule is CC(NC(=O)n1c2ccccc2c2ccccc21)C(=O)O. The van der Waals surface area contributed by atoms with E-state index in [2.05, 4.69) is 5.32 Å². The number of hydrogen-bond acceptors (Lipinski definition) is 2. The van der Waals surface area contributed by atoms with Crippen LogP contribution in [0, 0.1) is 0 Å². The van der Waals surface area contributed by atoms with E-state index in [1.54, 1.807) is 0 Å². The average Bonchev–Trinajstić information content (AvgIpc) is 2.81. The van der Waals surface area contributed by atoms with Crippen LogP contribution in [0.15, 0.2) is 48.5 Å². The number of carboxylic acid groups (broad SMARTS) is 1. The molecule has 106 valence electrons. The van der Waals surface area contributed by atoms with Crippen LogP contribution in [0.4, 0.5) is 4.79 Å². The Morgan fingerprint density at radius 1 is 1.00 bits per heavy atom. The fourth-order valence-electron chi connectivity index (χ4n) is 2.45. The number of nitrogens with one attached hydrogen (secondary N) is 1. The van der Waals surface area contributed by atoms with Gasteiger partial charge in [-0.05, 0) is 19.1 Å². The van der Waals surface area contributed by atoms with Gasteiger partial charge < -0.3 is 10.4 Å². The van der Waals surface area contributed by atoms with Gasteiger partial charge in [0, 0.05) is 10.8 Å². The van der Waals surface area contributed by atoms with Crippen LogP contribution >= 0.6 is 0 Å². The van der Waals surface area contributed by atoms with Crippen molar-refractivity contribution in [3.05, 3.63) is 48.5 Å². The number of carboxylic acids is 1. The molecular weight excluding hydrogens is 268 g/mol. The predicted octanol–water partition coefficient (Wildman–Crippen LogP) is 2.83. The summed E-state index contributed by atoms with van der Waals surface area (Å²) < 4.78 is 1.52. The van der Waals surface area contributed by atoms with Crippen molar-refractivity contribution in [2.24, 2.45) is 0 Å². The highest BCUT2D eigenvalue weighted by Gasteiger charge is 2.19. The summed E-state index contributed by atoms with van der Waals surface area (Å²) in [5.74, 6) is -1.07. The first-order chi connectivity index (χ1) is 10.1. The molecule has 2 aromatic carbocycles.